The molecular formula is C10H10Br2O2. The van der Waals surface area contributed by atoms with Crippen LogP contribution in [0.15, 0.2) is 21.1 Å². The van der Waals surface area contributed by atoms with Gasteiger partial charge in [0.1, 0.15) is 18.5 Å². The van der Waals surface area contributed by atoms with Crippen molar-refractivity contribution < 1.29 is 9.47 Å². The Hall–Kier alpha value is -0.0600. The third-order valence-corrected chi connectivity index (χ3v) is 3.51. The maximum absolute atomic E-state index is 5.59. The molecule has 0 saturated carbocycles. The van der Waals surface area contributed by atoms with E-state index >= 15 is 0 Å². The van der Waals surface area contributed by atoms with E-state index in [1.54, 1.807) is 0 Å². The van der Waals surface area contributed by atoms with Crippen LogP contribution in [-0.2, 0) is 4.74 Å². The highest BCUT2D eigenvalue weighted by molar-refractivity contribution is 9.11. The summed E-state index contributed by atoms with van der Waals surface area (Å²) in [4.78, 5) is 0. The molecule has 2 nitrogen and oxygen atoms in total. The molecule has 1 aliphatic rings. The molecule has 14 heavy (non-hydrogen) atoms. The van der Waals surface area contributed by atoms with Gasteiger partial charge in [0.05, 0.1) is 11.1 Å². The van der Waals surface area contributed by atoms with Crippen LogP contribution in [0, 0.1) is 6.92 Å². The van der Waals surface area contributed by atoms with Gasteiger partial charge in [-0.15, -0.1) is 0 Å². The van der Waals surface area contributed by atoms with Crippen molar-refractivity contribution in [3.05, 3.63) is 26.6 Å². The van der Waals surface area contributed by atoms with Gasteiger partial charge in [0.25, 0.3) is 0 Å². The Morgan fingerprint density at radius 1 is 1.43 bits per heavy atom. The Morgan fingerprint density at radius 3 is 2.79 bits per heavy atom. The van der Waals surface area contributed by atoms with Crippen LogP contribution in [0.5, 0.6) is 5.75 Å². The molecule has 1 fully saturated rings. The molecule has 1 heterocycles. The maximum atomic E-state index is 5.59. The number of hydrogen-bond acceptors (Lipinski definition) is 2. The zero-order valence-corrected chi connectivity index (χ0v) is 10.9. The van der Waals surface area contributed by atoms with E-state index in [1.807, 2.05) is 19.1 Å². The van der Waals surface area contributed by atoms with Crippen LogP contribution in [0.1, 0.15) is 5.56 Å². The Morgan fingerprint density at radius 2 is 2.14 bits per heavy atom. The van der Waals surface area contributed by atoms with Gasteiger partial charge in [0, 0.05) is 4.47 Å². The molecule has 0 radical (unpaired) electrons. The van der Waals surface area contributed by atoms with Crippen molar-refractivity contribution in [2.24, 2.45) is 0 Å². The third-order valence-electron chi connectivity index (χ3n) is 2.04. The van der Waals surface area contributed by atoms with Crippen LogP contribution in [0.4, 0.5) is 0 Å². The number of epoxide rings is 1. The van der Waals surface area contributed by atoms with Gasteiger partial charge in [-0.2, -0.15) is 0 Å². The smallest absolute Gasteiger partial charge is 0.134 e. The molecule has 1 aromatic rings. The van der Waals surface area contributed by atoms with Gasteiger partial charge in [0.15, 0.2) is 0 Å². The first-order valence-corrected chi connectivity index (χ1v) is 5.95. The van der Waals surface area contributed by atoms with Gasteiger partial charge in [-0.05, 0) is 40.5 Å². The standard InChI is InChI=1S/C10H10Br2O2/c1-6-2-9(12)10(3-8(6)11)14-5-7-4-13-7/h2-3,7H,4-5H2,1H3. The molecule has 0 amide bonds. The minimum Gasteiger partial charge on any atom is -0.490 e. The van der Waals surface area contributed by atoms with E-state index in [4.69, 9.17) is 9.47 Å². The summed E-state index contributed by atoms with van der Waals surface area (Å²) in [6.45, 7) is 3.50. The summed E-state index contributed by atoms with van der Waals surface area (Å²) in [5, 5.41) is 0. The van der Waals surface area contributed by atoms with Crippen LogP contribution in [0.2, 0.25) is 0 Å². The van der Waals surface area contributed by atoms with Crippen molar-refractivity contribution in [1.82, 2.24) is 0 Å². The molecule has 1 aliphatic heterocycles. The third kappa shape index (κ3) is 2.49. The predicted molar refractivity (Wildman–Crippen MR) is 61.8 cm³/mol. The lowest BCUT2D eigenvalue weighted by Crippen LogP contribution is -2.04. The molecule has 0 aliphatic carbocycles. The number of hydrogen-bond donors (Lipinski definition) is 0. The van der Waals surface area contributed by atoms with Gasteiger partial charge >= 0.3 is 0 Å². The molecule has 4 heteroatoms. The molecule has 1 atom stereocenters. The largest absolute Gasteiger partial charge is 0.490 e. The summed E-state index contributed by atoms with van der Waals surface area (Å²) in [5.74, 6) is 0.859. The van der Waals surface area contributed by atoms with Crippen molar-refractivity contribution in [1.29, 1.82) is 0 Å². The molecule has 0 bridgehead atoms. The Balaban J connectivity index is 2.10. The second kappa shape index (κ2) is 4.21. The van der Waals surface area contributed by atoms with Crippen molar-refractivity contribution >= 4 is 31.9 Å². The Bertz CT molecular complexity index is 348. The second-order valence-electron chi connectivity index (χ2n) is 3.30. The lowest BCUT2D eigenvalue weighted by Gasteiger charge is -2.08. The molecule has 2 rings (SSSR count). The first kappa shape index (κ1) is 10.5. The number of benzene rings is 1. The zero-order chi connectivity index (χ0) is 10.1. The first-order chi connectivity index (χ1) is 6.66. The molecule has 0 aromatic heterocycles. The lowest BCUT2D eigenvalue weighted by molar-refractivity contribution is 0.261. The molecule has 76 valence electrons. The molecule has 1 aromatic carbocycles. The highest BCUT2D eigenvalue weighted by Crippen LogP contribution is 2.31. The van der Waals surface area contributed by atoms with E-state index in [0.29, 0.717) is 12.7 Å². The summed E-state index contributed by atoms with van der Waals surface area (Å²) >= 11 is 6.94. The number of rotatable bonds is 3. The fourth-order valence-electron chi connectivity index (χ4n) is 1.09. The van der Waals surface area contributed by atoms with Crippen molar-refractivity contribution in [3.63, 3.8) is 0 Å². The van der Waals surface area contributed by atoms with E-state index in [1.165, 1.54) is 5.56 Å². The minimum absolute atomic E-state index is 0.293. The van der Waals surface area contributed by atoms with Gasteiger partial charge in [-0.1, -0.05) is 15.9 Å². The summed E-state index contributed by atoms with van der Waals surface area (Å²) in [6, 6.07) is 4.01. The van der Waals surface area contributed by atoms with Crippen LogP contribution >= 0.6 is 31.9 Å². The molecule has 0 spiro atoms. The summed E-state index contributed by atoms with van der Waals surface area (Å²) in [5.41, 5.74) is 1.19. The number of halogens is 2. The fraction of sp³-hybridized carbons (Fsp3) is 0.400. The van der Waals surface area contributed by atoms with Crippen LogP contribution in [-0.4, -0.2) is 19.3 Å². The summed E-state index contributed by atoms with van der Waals surface area (Å²) < 4.78 is 12.7. The van der Waals surface area contributed by atoms with E-state index < -0.39 is 0 Å². The van der Waals surface area contributed by atoms with Crippen molar-refractivity contribution in [2.45, 2.75) is 13.0 Å². The van der Waals surface area contributed by atoms with Gasteiger partial charge in [-0.25, -0.2) is 0 Å². The van der Waals surface area contributed by atoms with E-state index in [2.05, 4.69) is 31.9 Å². The fourth-order valence-corrected chi connectivity index (χ4v) is 1.98. The predicted octanol–water partition coefficient (Wildman–Crippen LogP) is 3.30. The van der Waals surface area contributed by atoms with E-state index in [-0.39, 0.29) is 0 Å². The van der Waals surface area contributed by atoms with Gasteiger partial charge in [-0.3, -0.25) is 0 Å². The lowest BCUT2D eigenvalue weighted by atomic mass is 10.2. The normalized spacial score (nSPS) is 19.5. The molecule has 0 N–H and O–H groups in total. The maximum Gasteiger partial charge on any atom is 0.134 e. The van der Waals surface area contributed by atoms with Crippen LogP contribution in [0.25, 0.3) is 0 Å². The van der Waals surface area contributed by atoms with E-state index in [0.717, 1.165) is 21.3 Å². The summed E-state index contributed by atoms with van der Waals surface area (Å²) in [7, 11) is 0. The highest BCUT2D eigenvalue weighted by atomic mass is 79.9. The molecular weight excluding hydrogens is 312 g/mol. The first-order valence-electron chi connectivity index (χ1n) is 4.37. The van der Waals surface area contributed by atoms with Gasteiger partial charge in [0.2, 0.25) is 0 Å². The Labute approximate surface area is 99.8 Å². The van der Waals surface area contributed by atoms with Gasteiger partial charge < -0.3 is 9.47 Å². The second-order valence-corrected chi connectivity index (χ2v) is 5.01. The van der Waals surface area contributed by atoms with E-state index in [9.17, 15) is 0 Å². The van der Waals surface area contributed by atoms with Crippen molar-refractivity contribution in [2.75, 3.05) is 13.2 Å². The molecule has 1 unspecified atom stereocenters. The summed E-state index contributed by atoms with van der Waals surface area (Å²) in [6.07, 6.45) is 0.293. The monoisotopic (exact) mass is 320 g/mol. The van der Waals surface area contributed by atoms with Crippen LogP contribution < -0.4 is 4.74 Å². The van der Waals surface area contributed by atoms with Crippen molar-refractivity contribution in [3.8, 4) is 5.75 Å². The number of aryl methyl sites for hydroxylation is 1. The average Bonchev–Trinajstić information content (AvgIpc) is 2.92. The average molecular weight is 322 g/mol. The SMILES string of the molecule is Cc1cc(Br)c(OCC2CO2)cc1Br. The molecule has 1 saturated heterocycles. The zero-order valence-electron chi connectivity index (χ0n) is 7.72. The van der Waals surface area contributed by atoms with Crippen LogP contribution in [0.3, 0.4) is 0 Å². The Kier molecular flexibility index (Phi) is 3.14. The number of ether oxygens (including phenoxy) is 2. The minimum atomic E-state index is 0.293. The quantitative estimate of drug-likeness (QED) is 0.797. The topological polar surface area (TPSA) is 21.8 Å². The highest BCUT2D eigenvalue weighted by Gasteiger charge is 2.23.